The lowest BCUT2D eigenvalue weighted by Gasteiger charge is -2.17. The van der Waals surface area contributed by atoms with Crippen LogP contribution in [0, 0.1) is 11.8 Å². The zero-order valence-corrected chi connectivity index (χ0v) is 12.1. The molecule has 0 aliphatic carbocycles. The van der Waals surface area contributed by atoms with Crippen molar-refractivity contribution in [3.8, 4) is 0 Å². The maximum atomic E-state index is 11.8. The van der Waals surface area contributed by atoms with Crippen LogP contribution >= 0.6 is 0 Å². The van der Waals surface area contributed by atoms with Crippen LogP contribution in [-0.4, -0.2) is 30.2 Å². The predicted molar refractivity (Wildman–Crippen MR) is 75.2 cm³/mol. The Kier molecular flexibility index (Phi) is 9.98. The quantitative estimate of drug-likeness (QED) is 0.558. The first-order chi connectivity index (χ1) is 8.51. The third-order valence-electron chi connectivity index (χ3n) is 3.42. The molecule has 0 saturated carbocycles. The topological polar surface area (TPSA) is 75.3 Å². The molecule has 0 bridgehead atoms. The van der Waals surface area contributed by atoms with Crippen molar-refractivity contribution in [3.63, 3.8) is 0 Å². The van der Waals surface area contributed by atoms with Gasteiger partial charge in [0.25, 0.3) is 0 Å². The van der Waals surface area contributed by atoms with Gasteiger partial charge in [-0.25, -0.2) is 0 Å². The van der Waals surface area contributed by atoms with Crippen molar-refractivity contribution in [1.82, 2.24) is 5.32 Å². The van der Waals surface area contributed by atoms with E-state index >= 15 is 0 Å². The summed E-state index contributed by atoms with van der Waals surface area (Å²) in [4.78, 5) is 11.8. The first-order valence-electron chi connectivity index (χ1n) is 7.15. The molecule has 0 spiro atoms. The standard InChI is InChI=1S/C14H30N2O2/c1-4-13(8-9-17)10-16-14(18)11(2)6-5-7-12(3)15/h11-13,17H,4-10,15H2,1-3H3,(H,16,18). The van der Waals surface area contributed by atoms with Crippen LogP contribution in [0.2, 0.25) is 0 Å². The molecule has 0 aliphatic heterocycles. The van der Waals surface area contributed by atoms with Crippen molar-refractivity contribution in [2.45, 2.75) is 58.9 Å². The average Bonchev–Trinajstić information content (AvgIpc) is 2.33. The van der Waals surface area contributed by atoms with Crippen molar-refractivity contribution in [2.75, 3.05) is 13.2 Å². The molecule has 0 radical (unpaired) electrons. The van der Waals surface area contributed by atoms with E-state index in [9.17, 15) is 4.79 Å². The highest BCUT2D eigenvalue weighted by Crippen LogP contribution is 2.10. The fourth-order valence-corrected chi connectivity index (χ4v) is 1.93. The number of nitrogens with two attached hydrogens (primary N) is 1. The largest absolute Gasteiger partial charge is 0.396 e. The molecule has 108 valence electrons. The fourth-order valence-electron chi connectivity index (χ4n) is 1.93. The van der Waals surface area contributed by atoms with Gasteiger partial charge >= 0.3 is 0 Å². The van der Waals surface area contributed by atoms with Crippen molar-refractivity contribution >= 4 is 5.91 Å². The average molecular weight is 258 g/mol. The molecule has 3 atom stereocenters. The molecule has 4 N–H and O–H groups in total. The molecule has 1 amide bonds. The van der Waals surface area contributed by atoms with Gasteiger partial charge < -0.3 is 16.2 Å². The SMILES string of the molecule is CCC(CCO)CNC(=O)C(C)CCCC(C)N. The van der Waals surface area contributed by atoms with Crippen LogP contribution in [0.3, 0.4) is 0 Å². The number of amides is 1. The van der Waals surface area contributed by atoms with Crippen LogP contribution < -0.4 is 11.1 Å². The van der Waals surface area contributed by atoms with Gasteiger partial charge in [0.05, 0.1) is 0 Å². The summed E-state index contributed by atoms with van der Waals surface area (Å²) in [5, 5.41) is 11.9. The van der Waals surface area contributed by atoms with E-state index in [1.807, 2.05) is 13.8 Å². The second kappa shape index (κ2) is 10.3. The molecule has 3 unspecified atom stereocenters. The van der Waals surface area contributed by atoms with Crippen LogP contribution in [-0.2, 0) is 4.79 Å². The summed E-state index contributed by atoms with van der Waals surface area (Å²) in [6, 6.07) is 0.217. The molecule has 0 rings (SSSR count). The van der Waals surface area contributed by atoms with E-state index in [0.717, 1.165) is 32.1 Å². The number of aliphatic hydroxyl groups is 1. The number of aliphatic hydroxyl groups excluding tert-OH is 1. The summed E-state index contributed by atoms with van der Waals surface area (Å²) in [6.07, 6.45) is 4.61. The maximum Gasteiger partial charge on any atom is 0.222 e. The van der Waals surface area contributed by atoms with Crippen molar-refractivity contribution in [3.05, 3.63) is 0 Å². The van der Waals surface area contributed by atoms with E-state index in [1.54, 1.807) is 0 Å². The van der Waals surface area contributed by atoms with Gasteiger partial charge in [0, 0.05) is 25.1 Å². The minimum absolute atomic E-state index is 0.0513. The molecule has 0 fully saturated rings. The van der Waals surface area contributed by atoms with E-state index in [4.69, 9.17) is 10.8 Å². The van der Waals surface area contributed by atoms with Crippen LogP contribution in [0.5, 0.6) is 0 Å². The minimum Gasteiger partial charge on any atom is -0.396 e. The highest BCUT2D eigenvalue weighted by molar-refractivity contribution is 5.78. The molecule has 0 heterocycles. The summed E-state index contributed by atoms with van der Waals surface area (Å²) in [5.74, 6) is 0.557. The van der Waals surface area contributed by atoms with Crippen LogP contribution in [0.4, 0.5) is 0 Å². The van der Waals surface area contributed by atoms with E-state index in [2.05, 4.69) is 12.2 Å². The Morgan fingerprint density at radius 1 is 1.28 bits per heavy atom. The molecule has 18 heavy (non-hydrogen) atoms. The molecule has 0 aromatic heterocycles. The first kappa shape index (κ1) is 17.4. The Morgan fingerprint density at radius 2 is 1.94 bits per heavy atom. The number of carbonyl (C=O) groups excluding carboxylic acids is 1. The molecule has 0 saturated heterocycles. The molecule has 4 nitrogen and oxygen atoms in total. The Hall–Kier alpha value is -0.610. The summed E-state index contributed by atoms with van der Waals surface area (Å²) in [7, 11) is 0. The third-order valence-corrected chi connectivity index (χ3v) is 3.42. The Balaban J connectivity index is 3.79. The summed E-state index contributed by atoms with van der Waals surface area (Å²) >= 11 is 0. The van der Waals surface area contributed by atoms with Gasteiger partial charge in [-0.15, -0.1) is 0 Å². The smallest absolute Gasteiger partial charge is 0.222 e. The van der Waals surface area contributed by atoms with E-state index in [-0.39, 0.29) is 24.5 Å². The minimum atomic E-state index is 0.0513. The molecule has 0 aromatic carbocycles. The lowest BCUT2D eigenvalue weighted by Crippen LogP contribution is -2.33. The van der Waals surface area contributed by atoms with Gasteiger partial charge in [0.2, 0.25) is 5.91 Å². The van der Waals surface area contributed by atoms with Gasteiger partial charge in [0.1, 0.15) is 0 Å². The zero-order chi connectivity index (χ0) is 14.0. The number of hydrogen-bond donors (Lipinski definition) is 3. The monoisotopic (exact) mass is 258 g/mol. The van der Waals surface area contributed by atoms with Gasteiger partial charge in [-0.3, -0.25) is 4.79 Å². The van der Waals surface area contributed by atoms with Crippen molar-refractivity contribution < 1.29 is 9.90 Å². The Labute approximate surface area is 111 Å². The predicted octanol–water partition coefficient (Wildman–Crippen LogP) is 1.66. The van der Waals surface area contributed by atoms with Crippen molar-refractivity contribution in [1.29, 1.82) is 0 Å². The number of hydrogen-bond acceptors (Lipinski definition) is 3. The van der Waals surface area contributed by atoms with Crippen LogP contribution in [0.15, 0.2) is 0 Å². The van der Waals surface area contributed by atoms with Gasteiger partial charge in [0.15, 0.2) is 0 Å². The van der Waals surface area contributed by atoms with E-state index in [0.29, 0.717) is 12.5 Å². The van der Waals surface area contributed by atoms with Gasteiger partial charge in [-0.1, -0.05) is 26.7 Å². The van der Waals surface area contributed by atoms with Crippen LogP contribution in [0.25, 0.3) is 0 Å². The number of nitrogens with one attached hydrogen (secondary N) is 1. The lowest BCUT2D eigenvalue weighted by atomic mass is 10.00. The summed E-state index contributed by atoms with van der Waals surface area (Å²) in [5.41, 5.74) is 5.68. The second-order valence-electron chi connectivity index (χ2n) is 5.34. The third kappa shape index (κ3) is 8.48. The summed E-state index contributed by atoms with van der Waals surface area (Å²) in [6.45, 7) is 6.90. The van der Waals surface area contributed by atoms with E-state index in [1.165, 1.54) is 0 Å². The molecular formula is C14H30N2O2. The molecule has 0 aromatic rings. The highest BCUT2D eigenvalue weighted by Gasteiger charge is 2.14. The molecular weight excluding hydrogens is 228 g/mol. The first-order valence-corrected chi connectivity index (χ1v) is 7.15. The van der Waals surface area contributed by atoms with E-state index < -0.39 is 0 Å². The number of carbonyl (C=O) groups is 1. The zero-order valence-electron chi connectivity index (χ0n) is 12.1. The van der Waals surface area contributed by atoms with Gasteiger partial charge in [-0.05, 0) is 32.1 Å². The fraction of sp³-hybridized carbons (Fsp3) is 0.929. The summed E-state index contributed by atoms with van der Waals surface area (Å²) < 4.78 is 0. The number of rotatable bonds is 10. The van der Waals surface area contributed by atoms with Crippen LogP contribution in [0.1, 0.15) is 52.9 Å². The second-order valence-corrected chi connectivity index (χ2v) is 5.34. The van der Waals surface area contributed by atoms with Gasteiger partial charge in [-0.2, -0.15) is 0 Å². The Bertz CT molecular complexity index is 220. The molecule has 4 heteroatoms. The highest BCUT2D eigenvalue weighted by atomic mass is 16.3. The molecule has 0 aliphatic rings. The normalized spacial score (nSPS) is 16.1. The lowest BCUT2D eigenvalue weighted by molar-refractivity contribution is -0.124. The Morgan fingerprint density at radius 3 is 2.44 bits per heavy atom. The van der Waals surface area contributed by atoms with Crippen molar-refractivity contribution in [2.24, 2.45) is 17.6 Å². The maximum absolute atomic E-state index is 11.8.